The average molecular weight is 504 g/mol. The van der Waals surface area contributed by atoms with Gasteiger partial charge in [0.2, 0.25) is 5.91 Å². The number of rotatable bonds is 6. The van der Waals surface area contributed by atoms with Crippen LogP contribution in [0.2, 0.25) is 0 Å². The number of carbonyl (C=O) groups excluding carboxylic acids is 2. The van der Waals surface area contributed by atoms with Gasteiger partial charge in [0.1, 0.15) is 5.82 Å². The predicted molar refractivity (Wildman–Crippen MR) is 131 cm³/mol. The molecule has 190 valence electrons. The van der Waals surface area contributed by atoms with E-state index in [1.165, 1.54) is 38.6 Å². The maximum Gasteiger partial charge on any atom is 0.409 e. The molecule has 0 radical (unpaired) electrons. The second kappa shape index (κ2) is 9.89. The van der Waals surface area contributed by atoms with E-state index in [4.69, 9.17) is 9.72 Å². The number of imidazole rings is 1. The van der Waals surface area contributed by atoms with Crippen LogP contribution in [0.15, 0.2) is 12.1 Å². The Morgan fingerprint density at radius 1 is 1.26 bits per heavy atom. The van der Waals surface area contributed by atoms with Gasteiger partial charge in [0.15, 0.2) is 5.13 Å². The molecule has 2 aromatic rings. The third kappa shape index (κ3) is 4.82. The Labute approximate surface area is 209 Å². The van der Waals surface area contributed by atoms with Crippen molar-refractivity contribution in [3.05, 3.63) is 39.4 Å². The Balaban J connectivity index is 1.26. The lowest BCUT2D eigenvalue weighted by molar-refractivity contribution is -0.119. The van der Waals surface area contributed by atoms with Crippen molar-refractivity contribution in [1.82, 2.24) is 24.7 Å². The van der Waals surface area contributed by atoms with E-state index in [0.29, 0.717) is 31.2 Å². The van der Waals surface area contributed by atoms with E-state index >= 15 is 0 Å². The molecular weight excluding hydrogens is 469 g/mol. The number of amides is 2. The number of fused-ring (bicyclic) bond motifs is 3. The lowest BCUT2D eigenvalue weighted by Crippen LogP contribution is -2.45. The summed E-state index contributed by atoms with van der Waals surface area (Å²) in [6.45, 7) is 5.65. The van der Waals surface area contributed by atoms with Crippen molar-refractivity contribution in [2.24, 2.45) is 0 Å². The largest absolute Gasteiger partial charge is 0.453 e. The summed E-state index contributed by atoms with van der Waals surface area (Å²) in [7, 11) is 1.42. The molecule has 5 heterocycles. The number of thiophene rings is 1. The molecule has 35 heavy (non-hydrogen) atoms. The Kier molecular flexibility index (Phi) is 6.85. The molecule has 2 saturated heterocycles. The van der Waals surface area contributed by atoms with Gasteiger partial charge in [-0.15, -0.1) is 11.3 Å². The summed E-state index contributed by atoms with van der Waals surface area (Å²) >= 11 is 1.12. The summed E-state index contributed by atoms with van der Waals surface area (Å²) in [6.07, 6.45) is 5.82. The van der Waals surface area contributed by atoms with Gasteiger partial charge in [-0.2, -0.15) is 4.39 Å². The zero-order chi connectivity index (χ0) is 24.7. The first-order chi connectivity index (χ1) is 16.8. The maximum absolute atomic E-state index is 13.6. The predicted octanol–water partition coefficient (Wildman–Crippen LogP) is 3.95. The number of hydrogen-bond donors (Lipinski definition) is 1. The van der Waals surface area contributed by atoms with Gasteiger partial charge < -0.3 is 19.5 Å². The molecule has 3 aliphatic heterocycles. The molecular formula is C25H34FN5O3S. The fourth-order valence-electron chi connectivity index (χ4n) is 6.46. The van der Waals surface area contributed by atoms with Gasteiger partial charge in [0.05, 0.1) is 25.4 Å². The van der Waals surface area contributed by atoms with Crippen LogP contribution in [-0.4, -0.2) is 63.6 Å². The number of ether oxygens (including phenoxy) is 1. The third-order valence-electron chi connectivity index (χ3n) is 7.88. The molecule has 2 unspecified atom stereocenters. The number of nitrogens with zero attached hydrogens (tertiary/aromatic N) is 4. The average Bonchev–Trinajstić information content (AvgIpc) is 3.47. The molecule has 10 heteroatoms. The normalized spacial score (nSPS) is 24.8. The second-order valence-electron chi connectivity index (χ2n) is 10.00. The lowest BCUT2D eigenvalue weighted by Gasteiger charge is -2.41. The van der Waals surface area contributed by atoms with Crippen LogP contribution in [0.25, 0.3) is 0 Å². The maximum atomic E-state index is 13.6. The van der Waals surface area contributed by atoms with Gasteiger partial charge in [-0.3, -0.25) is 9.69 Å². The Bertz CT molecular complexity index is 1090. The van der Waals surface area contributed by atoms with Crippen LogP contribution in [0.1, 0.15) is 73.2 Å². The zero-order valence-electron chi connectivity index (χ0n) is 20.6. The lowest BCUT2D eigenvalue weighted by atomic mass is 9.95. The van der Waals surface area contributed by atoms with Crippen LogP contribution in [0, 0.1) is 12.1 Å². The number of carbonyl (C=O) groups is 2. The molecule has 0 aromatic carbocycles. The molecule has 0 spiro atoms. The molecule has 2 aromatic heterocycles. The highest BCUT2D eigenvalue weighted by molar-refractivity contribution is 7.10. The minimum atomic E-state index is -0.294. The highest BCUT2D eigenvalue weighted by atomic mass is 32.1. The second-order valence-corrected chi connectivity index (χ2v) is 11.1. The minimum Gasteiger partial charge on any atom is -0.453 e. The van der Waals surface area contributed by atoms with Crippen molar-refractivity contribution in [2.75, 3.05) is 20.2 Å². The van der Waals surface area contributed by atoms with Crippen molar-refractivity contribution < 1.29 is 18.7 Å². The Hall–Kier alpha value is -2.46. The van der Waals surface area contributed by atoms with Crippen LogP contribution in [0.4, 0.5) is 9.18 Å². The van der Waals surface area contributed by atoms with Crippen molar-refractivity contribution in [3.63, 3.8) is 0 Å². The summed E-state index contributed by atoms with van der Waals surface area (Å²) < 4.78 is 21.0. The summed E-state index contributed by atoms with van der Waals surface area (Å²) in [4.78, 5) is 33.8. The summed E-state index contributed by atoms with van der Waals surface area (Å²) in [5.74, 6) is 0.946. The number of halogens is 1. The van der Waals surface area contributed by atoms with Crippen LogP contribution in [-0.2, 0) is 22.5 Å². The third-order valence-corrected chi connectivity index (χ3v) is 8.86. The number of aromatic nitrogens is 2. The van der Waals surface area contributed by atoms with E-state index in [1.807, 2.05) is 0 Å². The summed E-state index contributed by atoms with van der Waals surface area (Å²) in [5, 5.41) is 2.80. The SMILES string of the molecule is COC(=O)N1CCc2c(nc(C)n2C2CC3CCC(C2)N3CC[C@H](NC(C)=O)c2ccc(F)s2)C1. The summed E-state index contributed by atoms with van der Waals surface area (Å²) in [6, 6.07) is 4.53. The number of hydrogen-bond acceptors (Lipinski definition) is 6. The molecule has 2 amide bonds. The summed E-state index contributed by atoms with van der Waals surface area (Å²) in [5.41, 5.74) is 2.27. The van der Waals surface area contributed by atoms with Crippen LogP contribution in [0.3, 0.4) is 0 Å². The molecule has 8 nitrogen and oxygen atoms in total. The van der Waals surface area contributed by atoms with Crippen molar-refractivity contribution in [3.8, 4) is 0 Å². The first-order valence-corrected chi connectivity index (χ1v) is 13.3. The van der Waals surface area contributed by atoms with Crippen molar-refractivity contribution in [2.45, 2.75) is 83.1 Å². The first-order valence-electron chi connectivity index (χ1n) is 12.5. The molecule has 1 N–H and O–H groups in total. The smallest absolute Gasteiger partial charge is 0.409 e. The van der Waals surface area contributed by atoms with Gasteiger partial charge in [0, 0.05) is 55.1 Å². The highest BCUT2D eigenvalue weighted by Crippen LogP contribution is 2.43. The monoisotopic (exact) mass is 503 g/mol. The van der Waals surface area contributed by atoms with E-state index in [9.17, 15) is 14.0 Å². The molecule has 3 atom stereocenters. The van der Waals surface area contributed by atoms with Gasteiger partial charge in [-0.25, -0.2) is 9.78 Å². The number of aryl methyl sites for hydroxylation is 1. The molecule has 3 aliphatic rings. The van der Waals surface area contributed by atoms with E-state index in [0.717, 1.165) is 60.0 Å². The number of nitrogens with one attached hydrogen (secondary N) is 1. The Morgan fingerprint density at radius 3 is 2.63 bits per heavy atom. The fraction of sp³-hybridized carbons (Fsp3) is 0.640. The van der Waals surface area contributed by atoms with Crippen molar-refractivity contribution in [1.29, 1.82) is 0 Å². The fourth-order valence-corrected chi connectivity index (χ4v) is 7.27. The molecule has 2 fully saturated rings. The van der Waals surface area contributed by atoms with Crippen LogP contribution < -0.4 is 5.32 Å². The van der Waals surface area contributed by atoms with Gasteiger partial charge in [-0.05, 0) is 51.2 Å². The number of piperidine rings is 1. The molecule has 0 saturated carbocycles. The Morgan fingerprint density at radius 2 is 2.00 bits per heavy atom. The van der Waals surface area contributed by atoms with Gasteiger partial charge >= 0.3 is 6.09 Å². The molecule has 5 rings (SSSR count). The minimum absolute atomic E-state index is 0.0865. The van der Waals surface area contributed by atoms with Gasteiger partial charge in [-0.1, -0.05) is 0 Å². The first kappa shape index (κ1) is 24.2. The van der Waals surface area contributed by atoms with E-state index in [1.54, 1.807) is 11.0 Å². The van der Waals surface area contributed by atoms with E-state index in [-0.39, 0.29) is 23.2 Å². The molecule has 0 aliphatic carbocycles. The van der Waals surface area contributed by atoms with Crippen LogP contribution >= 0.6 is 11.3 Å². The topological polar surface area (TPSA) is 79.7 Å². The van der Waals surface area contributed by atoms with E-state index < -0.39 is 0 Å². The highest BCUT2D eigenvalue weighted by Gasteiger charge is 2.42. The van der Waals surface area contributed by atoms with E-state index in [2.05, 4.69) is 21.7 Å². The van der Waals surface area contributed by atoms with Gasteiger partial charge in [0.25, 0.3) is 0 Å². The zero-order valence-corrected chi connectivity index (χ0v) is 21.4. The van der Waals surface area contributed by atoms with Crippen molar-refractivity contribution >= 4 is 23.3 Å². The van der Waals surface area contributed by atoms with Crippen LogP contribution in [0.5, 0.6) is 0 Å². The standard InChI is InChI=1S/C25H34FN5O3S/c1-15-27-21-14-29(25(33)34-3)10-9-22(21)31(15)19-12-17-4-5-18(13-19)30(17)11-8-20(28-16(2)32)23-6-7-24(26)35-23/h6-7,17-20H,4-5,8-14H2,1-3H3,(H,28,32)/t17?,18?,19?,20-/m0/s1. The molecule has 2 bridgehead atoms. The number of methoxy groups -OCH3 is 1. The quantitative estimate of drug-likeness (QED) is 0.646.